The highest BCUT2D eigenvalue weighted by molar-refractivity contribution is 5.68. The fraction of sp³-hybridized carbons (Fsp3) is 0.667. The lowest BCUT2D eigenvalue weighted by Crippen LogP contribution is -2.36. The summed E-state index contributed by atoms with van der Waals surface area (Å²) < 4.78 is 4.98. The van der Waals surface area contributed by atoms with Crippen LogP contribution in [0.4, 0.5) is 4.79 Å². The number of nitrogens with zero attached hydrogens (tertiary/aromatic N) is 2. The van der Waals surface area contributed by atoms with E-state index in [1.165, 1.54) is 0 Å². The molecule has 18 heavy (non-hydrogen) atoms. The predicted octanol–water partition coefficient (Wildman–Crippen LogP) is 0.773. The van der Waals surface area contributed by atoms with Crippen molar-refractivity contribution in [3.05, 3.63) is 18.2 Å². The molecule has 1 aliphatic heterocycles. The smallest absolute Gasteiger partial charge is 0.409 e. The van der Waals surface area contributed by atoms with E-state index >= 15 is 0 Å². The van der Waals surface area contributed by atoms with E-state index in [1.54, 1.807) is 11.1 Å². The zero-order chi connectivity index (χ0) is 12.8. The van der Waals surface area contributed by atoms with Crippen LogP contribution in [0.15, 0.2) is 12.4 Å². The van der Waals surface area contributed by atoms with Gasteiger partial charge in [-0.15, -0.1) is 0 Å². The number of amides is 1. The fourth-order valence-corrected chi connectivity index (χ4v) is 2.14. The topological polar surface area (TPSA) is 70.2 Å². The molecule has 0 bridgehead atoms. The van der Waals surface area contributed by atoms with E-state index in [0.29, 0.717) is 12.6 Å². The highest BCUT2D eigenvalue weighted by Crippen LogP contribution is 2.10. The Kier molecular flexibility index (Phi) is 4.58. The third kappa shape index (κ3) is 3.46. The minimum Gasteiger partial charge on any atom is -0.450 e. The molecule has 1 aliphatic rings. The summed E-state index contributed by atoms with van der Waals surface area (Å²) in [6.07, 6.45) is 5.24. The molecule has 100 valence electrons. The van der Waals surface area contributed by atoms with Gasteiger partial charge in [0.25, 0.3) is 0 Å². The number of likely N-dealkylation sites (tertiary alicyclic amines) is 1. The molecule has 0 saturated carbocycles. The predicted molar refractivity (Wildman–Crippen MR) is 67.3 cm³/mol. The molecule has 0 aromatic carbocycles. The van der Waals surface area contributed by atoms with Crippen molar-refractivity contribution >= 4 is 6.09 Å². The summed E-state index contributed by atoms with van der Waals surface area (Å²) in [6.45, 7) is 4.64. The van der Waals surface area contributed by atoms with Crippen molar-refractivity contribution in [3.63, 3.8) is 0 Å². The van der Waals surface area contributed by atoms with Crippen LogP contribution in [0.25, 0.3) is 0 Å². The Morgan fingerprint density at radius 3 is 3.33 bits per heavy atom. The maximum Gasteiger partial charge on any atom is 0.409 e. The van der Waals surface area contributed by atoms with E-state index in [0.717, 1.165) is 38.3 Å². The van der Waals surface area contributed by atoms with Crippen molar-refractivity contribution in [1.82, 2.24) is 20.2 Å². The maximum atomic E-state index is 11.5. The zero-order valence-electron chi connectivity index (χ0n) is 10.7. The van der Waals surface area contributed by atoms with Gasteiger partial charge in [0.2, 0.25) is 0 Å². The first-order valence-electron chi connectivity index (χ1n) is 6.43. The van der Waals surface area contributed by atoms with E-state index in [1.807, 2.05) is 13.1 Å². The van der Waals surface area contributed by atoms with Gasteiger partial charge in [-0.2, -0.15) is 0 Å². The number of hydrogen-bond donors (Lipinski definition) is 2. The second-order valence-corrected chi connectivity index (χ2v) is 4.37. The molecule has 2 rings (SSSR count). The van der Waals surface area contributed by atoms with Gasteiger partial charge in [-0.3, -0.25) is 0 Å². The maximum absolute atomic E-state index is 11.5. The van der Waals surface area contributed by atoms with Crippen molar-refractivity contribution in [1.29, 1.82) is 0 Å². The summed E-state index contributed by atoms with van der Waals surface area (Å²) in [5, 5.41) is 3.44. The Morgan fingerprint density at radius 2 is 2.61 bits per heavy atom. The van der Waals surface area contributed by atoms with Gasteiger partial charge in [-0.1, -0.05) is 0 Å². The fourth-order valence-electron chi connectivity index (χ4n) is 2.14. The number of aromatic amines is 1. The second-order valence-electron chi connectivity index (χ2n) is 4.37. The van der Waals surface area contributed by atoms with Crippen LogP contribution in [0, 0.1) is 0 Å². The molecule has 2 heterocycles. The third-order valence-corrected chi connectivity index (χ3v) is 3.06. The lowest BCUT2D eigenvalue weighted by molar-refractivity contribution is 0.115. The summed E-state index contributed by atoms with van der Waals surface area (Å²) in [4.78, 5) is 20.5. The molecule has 1 aromatic heterocycles. The number of aromatic nitrogens is 2. The second kappa shape index (κ2) is 6.39. The van der Waals surface area contributed by atoms with Gasteiger partial charge in [0, 0.05) is 44.5 Å². The van der Waals surface area contributed by atoms with Crippen LogP contribution in [0.1, 0.15) is 19.2 Å². The quantitative estimate of drug-likeness (QED) is 0.812. The molecule has 1 aromatic rings. The normalized spacial score (nSPS) is 19.2. The SMILES string of the molecule is CCOC(=O)N1CCC(NCCc2ncc[nH]2)C1. The van der Waals surface area contributed by atoms with E-state index in [-0.39, 0.29) is 6.09 Å². The highest BCUT2D eigenvalue weighted by atomic mass is 16.6. The van der Waals surface area contributed by atoms with Gasteiger partial charge in [0.05, 0.1) is 6.61 Å². The van der Waals surface area contributed by atoms with Crippen LogP contribution in [0.2, 0.25) is 0 Å². The summed E-state index contributed by atoms with van der Waals surface area (Å²) in [5.74, 6) is 0.989. The van der Waals surface area contributed by atoms with Crippen LogP contribution in [0.3, 0.4) is 0 Å². The summed E-state index contributed by atoms with van der Waals surface area (Å²) in [7, 11) is 0. The van der Waals surface area contributed by atoms with E-state index in [2.05, 4.69) is 15.3 Å². The number of rotatable bonds is 5. The molecule has 6 nitrogen and oxygen atoms in total. The molecule has 0 spiro atoms. The molecular formula is C12H20N4O2. The van der Waals surface area contributed by atoms with Gasteiger partial charge in [-0.05, 0) is 13.3 Å². The minimum atomic E-state index is -0.201. The first-order chi connectivity index (χ1) is 8.79. The van der Waals surface area contributed by atoms with Crippen LogP contribution in [-0.4, -0.2) is 53.2 Å². The monoisotopic (exact) mass is 252 g/mol. The molecule has 1 fully saturated rings. The van der Waals surface area contributed by atoms with Gasteiger partial charge >= 0.3 is 6.09 Å². The lowest BCUT2D eigenvalue weighted by atomic mass is 10.2. The lowest BCUT2D eigenvalue weighted by Gasteiger charge is -2.16. The van der Waals surface area contributed by atoms with Crippen molar-refractivity contribution in [2.75, 3.05) is 26.2 Å². The average Bonchev–Trinajstić information content (AvgIpc) is 3.00. The summed E-state index contributed by atoms with van der Waals surface area (Å²) >= 11 is 0. The first kappa shape index (κ1) is 12.9. The number of imidazole rings is 1. The molecule has 1 amide bonds. The zero-order valence-corrected chi connectivity index (χ0v) is 10.7. The number of carbonyl (C=O) groups is 1. The Labute approximate surface area is 107 Å². The Hall–Kier alpha value is -1.56. The van der Waals surface area contributed by atoms with E-state index in [4.69, 9.17) is 4.74 Å². The molecule has 1 unspecified atom stereocenters. The third-order valence-electron chi connectivity index (χ3n) is 3.06. The largest absolute Gasteiger partial charge is 0.450 e. The number of nitrogens with one attached hydrogen (secondary N) is 2. The standard InChI is InChI=1S/C12H20N4O2/c1-2-18-12(17)16-8-4-10(9-16)13-5-3-11-14-6-7-15-11/h6-7,10,13H,2-5,8-9H2,1H3,(H,14,15). The van der Waals surface area contributed by atoms with Gasteiger partial charge in [0.1, 0.15) is 5.82 Å². The van der Waals surface area contributed by atoms with Crippen LogP contribution in [0.5, 0.6) is 0 Å². The molecule has 0 radical (unpaired) electrons. The van der Waals surface area contributed by atoms with Crippen LogP contribution in [-0.2, 0) is 11.2 Å². The van der Waals surface area contributed by atoms with E-state index in [9.17, 15) is 4.79 Å². The first-order valence-corrected chi connectivity index (χ1v) is 6.43. The Balaban J connectivity index is 1.65. The number of ether oxygens (including phenoxy) is 1. The average molecular weight is 252 g/mol. The van der Waals surface area contributed by atoms with Crippen LogP contribution >= 0.6 is 0 Å². The summed E-state index contributed by atoms with van der Waals surface area (Å²) in [5.41, 5.74) is 0. The van der Waals surface area contributed by atoms with Crippen molar-refractivity contribution in [2.45, 2.75) is 25.8 Å². The number of carbonyl (C=O) groups excluding carboxylic acids is 1. The van der Waals surface area contributed by atoms with Crippen molar-refractivity contribution < 1.29 is 9.53 Å². The molecule has 0 aliphatic carbocycles. The van der Waals surface area contributed by atoms with Crippen molar-refractivity contribution in [2.24, 2.45) is 0 Å². The Morgan fingerprint density at radius 1 is 1.72 bits per heavy atom. The number of hydrogen-bond acceptors (Lipinski definition) is 4. The van der Waals surface area contributed by atoms with Crippen LogP contribution < -0.4 is 5.32 Å². The molecule has 6 heteroatoms. The Bertz CT molecular complexity index is 366. The summed E-state index contributed by atoms with van der Waals surface area (Å²) in [6, 6.07) is 0.365. The number of H-pyrrole nitrogens is 1. The molecule has 1 atom stereocenters. The molecule has 2 N–H and O–H groups in total. The molecule has 1 saturated heterocycles. The molecular weight excluding hydrogens is 232 g/mol. The van der Waals surface area contributed by atoms with E-state index < -0.39 is 0 Å². The van der Waals surface area contributed by atoms with Gasteiger partial charge < -0.3 is 19.9 Å². The highest BCUT2D eigenvalue weighted by Gasteiger charge is 2.26. The van der Waals surface area contributed by atoms with Crippen molar-refractivity contribution in [3.8, 4) is 0 Å². The van der Waals surface area contributed by atoms with Gasteiger partial charge in [0.15, 0.2) is 0 Å². The minimum absolute atomic E-state index is 0.201. The van der Waals surface area contributed by atoms with Gasteiger partial charge in [-0.25, -0.2) is 9.78 Å².